The summed E-state index contributed by atoms with van der Waals surface area (Å²) in [5, 5.41) is 3.01. The summed E-state index contributed by atoms with van der Waals surface area (Å²) in [6.45, 7) is 2.01. The van der Waals surface area contributed by atoms with Crippen molar-refractivity contribution in [2.75, 3.05) is 12.4 Å². The lowest BCUT2D eigenvalue weighted by Crippen LogP contribution is -2.02. The van der Waals surface area contributed by atoms with E-state index in [1.54, 1.807) is 13.2 Å². The van der Waals surface area contributed by atoms with Crippen LogP contribution in [0.3, 0.4) is 0 Å². The Bertz CT molecular complexity index is 528. The zero-order chi connectivity index (χ0) is 12.3. The molecule has 0 aromatic carbocycles. The van der Waals surface area contributed by atoms with Gasteiger partial charge in [-0.2, -0.15) is 0 Å². The molecule has 0 saturated heterocycles. The summed E-state index contributed by atoms with van der Waals surface area (Å²) >= 11 is 0. The number of nitrogens with one attached hydrogen (secondary N) is 1. The summed E-state index contributed by atoms with van der Waals surface area (Å²) in [4.78, 5) is 12.2. The standard InChI is InChI=1S/C12H13FN4/c1-3-10-11(16-7-17-12(10)14-2)8-4-9(13)6-15-5-8/h4-7H,3H2,1-2H3,(H,14,16,17). The molecule has 88 valence electrons. The van der Waals surface area contributed by atoms with Crippen LogP contribution in [0.15, 0.2) is 24.8 Å². The van der Waals surface area contributed by atoms with Crippen LogP contribution >= 0.6 is 0 Å². The van der Waals surface area contributed by atoms with Crippen molar-refractivity contribution in [1.82, 2.24) is 15.0 Å². The lowest BCUT2D eigenvalue weighted by molar-refractivity contribution is 0.622. The van der Waals surface area contributed by atoms with Crippen molar-refractivity contribution in [2.45, 2.75) is 13.3 Å². The van der Waals surface area contributed by atoms with E-state index in [-0.39, 0.29) is 5.82 Å². The number of halogens is 1. The van der Waals surface area contributed by atoms with Gasteiger partial charge in [0.05, 0.1) is 11.9 Å². The van der Waals surface area contributed by atoms with Gasteiger partial charge in [-0.1, -0.05) is 6.92 Å². The summed E-state index contributed by atoms with van der Waals surface area (Å²) in [7, 11) is 1.80. The molecule has 0 aliphatic rings. The van der Waals surface area contributed by atoms with Crippen molar-refractivity contribution in [3.63, 3.8) is 0 Å². The Morgan fingerprint density at radius 2 is 2.12 bits per heavy atom. The molecule has 0 fully saturated rings. The summed E-state index contributed by atoms with van der Waals surface area (Å²) in [5.74, 6) is 0.399. The first kappa shape index (κ1) is 11.4. The first-order valence-corrected chi connectivity index (χ1v) is 5.38. The van der Waals surface area contributed by atoms with Gasteiger partial charge in [0, 0.05) is 24.4 Å². The Hall–Kier alpha value is -2.04. The summed E-state index contributed by atoms with van der Waals surface area (Å²) in [6, 6.07) is 1.42. The number of hydrogen-bond acceptors (Lipinski definition) is 4. The maximum absolute atomic E-state index is 13.1. The fourth-order valence-electron chi connectivity index (χ4n) is 1.75. The predicted molar refractivity (Wildman–Crippen MR) is 64.1 cm³/mol. The maximum atomic E-state index is 13.1. The van der Waals surface area contributed by atoms with Gasteiger partial charge in [-0.3, -0.25) is 4.98 Å². The monoisotopic (exact) mass is 232 g/mol. The van der Waals surface area contributed by atoms with Gasteiger partial charge in [0.25, 0.3) is 0 Å². The average Bonchev–Trinajstić information content (AvgIpc) is 2.37. The van der Waals surface area contributed by atoms with Crippen molar-refractivity contribution in [3.8, 4) is 11.3 Å². The topological polar surface area (TPSA) is 50.7 Å². The molecule has 0 unspecified atom stereocenters. The quantitative estimate of drug-likeness (QED) is 0.882. The summed E-state index contributed by atoms with van der Waals surface area (Å²) in [6.07, 6.45) is 5.01. The first-order valence-electron chi connectivity index (χ1n) is 5.38. The van der Waals surface area contributed by atoms with Crippen LogP contribution in [0.1, 0.15) is 12.5 Å². The van der Waals surface area contributed by atoms with Gasteiger partial charge in [-0.05, 0) is 12.5 Å². The first-order chi connectivity index (χ1) is 8.26. The molecule has 0 aliphatic carbocycles. The Kier molecular flexibility index (Phi) is 3.27. The third kappa shape index (κ3) is 2.22. The molecule has 0 amide bonds. The molecule has 1 N–H and O–H groups in total. The molecule has 0 saturated carbocycles. The second kappa shape index (κ2) is 4.86. The molecule has 5 heteroatoms. The molecule has 0 atom stereocenters. The minimum atomic E-state index is -0.367. The van der Waals surface area contributed by atoms with Gasteiger partial charge in [0.1, 0.15) is 18.0 Å². The van der Waals surface area contributed by atoms with E-state index in [9.17, 15) is 4.39 Å². The van der Waals surface area contributed by atoms with Crippen LogP contribution in [0.2, 0.25) is 0 Å². The van der Waals surface area contributed by atoms with Crippen LogP contribution in [0, 0.1) is 5.82 Å². The highest BCUT2D eigenvalue weighted by molar-refractivity contribution is 5.67. The van der Waals surface area contributed by atoms with Crippen molar-refractivity contribution in [1.29, 1.82) is 0 Å². The molecule has 17 heavy (non-hydrogen) atoms. The zero-order valence-electron chi connectivity index (χ0n) is 9.74. The number of anilines is 1. The Morgan fingerprint density at radius 3 is 2.76 bits per heavy atom. The summed E-state index contributed by atoms with van der Waals surface area (Å²) < 4.78 is 13.1. The molecule has 2 aromatic rings. The van der Waals surface area contributed by atoms with E-state index in [1.165, 1.54) is 18.6 Å². The largest absolute Gasteiger partial charge is 0.373 e. The van der Waals surface area contributed by atoms with Gasteiger partial charge >= 0.3 is 0 Å². The minimum absolute atomic E-state index is 0.367. The van der Waals surface area contributed by atoms with E-state index in [1.807, 2.05) is 6.92 Å². The van der Waals surface area contributed by atoms with Gasteiger partial charge in [-0.25, -0.2) is 14.4 Å². The van der Waals surface area contributed by atoms with Gasteiger partial charge in [0.2, 0.25) is 0 Å². The predicted octanol–water partition coefficient (Wildman–Crippen LogP) is 2.28. The smallest absolute Gasteiger partial charge is 0.142 e. The number of rotatable bonds is 3. The van der Waals surface area contributed by atoms with Crippen molar-refractivity contribution in [2.24, 2.45) is 0 Å². The number of pyridine rings is 1. The third-order valence-corrected chi connectivity index (χ3v) is 2.51. The molecule has 4 nitrogen and oxygen atoms in total. The summed E-state index contributed by atoms with van der Waals surface area (Å²) in [5.41, 5.74) is 2.35. The molecule has 0 spiro atoms. The van der Waals surface area contributed by atoms with E-state index >= 15 is 0 Å². The zero-order valence-corrected chi connectivity index (χ0v) is 9.74. The SMILES string of the molecule is CCc1c(NC)ncnc1-c1cncc(F)c1. The normalized spacial score (nSPS) is 10.3. The second-order valence-electron chi connectivity index (χ2n) is 3.54. The number of aromatic nitrogens is 3. The lowest BCUT2D eigenvalue weighted by atomic mass is 10.1. The fraction of sp³-hybridized carbons (Fsp3) is 0.250. The Morgan fingerprint density at radius 1 is 1.29 bits per heavy atom. The van der Waals surface area contributed by atoms with Crippen LogP contribution in [-0.2, 0) is 6.42 Å². The molecular formula is C12H13FN4. The fourth-order valence-corrected chi connectivity index (χ4v) is 1.75. The highest BCUT2D eigenvalue weighted by atomic mass is 19.1. The Balaban J connectivity index is 2.59. The third-order valence-electron chi connectivity index (χ3n) is 2.51. The van der Waals surface area contributed by atoms with E-state index < -0.39 is 0 Å². The van der Waals surface area contributed by atoms with E-state index in [0.29, 0.717) is 5.56 Å². The van der Waals surface area contributed by atoms with Crippen LogP contribution in [0.4, 0.5) is 10.2 Å². The van der Waals surface area contributed by atoms with Gasteiger partial charge in [-0.15, -0.1) is 0 Å². The van der Waals surface area contributed by atoms with Crippen LogP contribution < -0.4 is 5.32 Å². The van der Waals surface area contributed by atoms with E-state index in [4.69, 9.17) is 0 Å². The van der Waals surface area contributed by atoms with Crippen molar-refractivity contribution < 1.29 is 4.39 Å². The minimum Gasteiger partial charge on any atom is -0.373 e. The molecule has 0 bridgehead atoms. The van der Waals surface area contributed by atoms with E-state index in [2.05, 4.69) is 20.3 Å². The number of nitrogens with zero attached hydrogens (tertiary/aromatic N) is 3. The molecule has 2 rings (SSSR count). The van der Waals surface area contributed by atoms with E-state index in [0.717, 1.165) is 23.5 Å². The number of hydrogen-bond donors (Lipinski definition) is 1. The lowest BCUT2D eigenvalue weighted by Gasteiger charge is -2.10. The van der Waals surface area contributed by atoms with Crippen LogP contribution in [-0.4, -0.2) is 22.0 Å². The van der Waals surface area contributed by atoms with Crippen molar-refractivity contribution in [3.05, 3.63) is 36.2 Å². The highest BCUT2D eigenvalue weighted by Crippen LogP contribution is 2.25. The average molecular weight is 232 g/mol. The maximum Gasteiger partial charge on any atom is 0.142 e. The van der Waals surface area contributed by atoms with Gasteiger partial charge in [0.15, 0.2) is 0 Å². The van der Waals surface area contributed by atoms with Crippen LogP contribution in [0.5, 0.6) is 0 Å². The molecular weight excluding hydrogens is 219 g/mol. The molecule has 2 heterocycles. The molecule has 0 aliphatic heterocycles. The Labute approximate surface area is 99.0 Å². The highest BCUT2D eigenvalue weighted by Gasteiger charge is 2.11. The van der Waals surface area contributed by atoms with Crippen molar-refractivity contribution >= 4 is 5.82 Å². The second-order valence-corrected chi connectivity index (χ2v) is 3.54. The molecule has 0 radical (unpaired) electrons. The van der Waals surface area contributed by atoms with Gasteiger partial charge < -0.3 is 5.32 Å². The molecule has 2 aromatic heterocycles. The van der Waals surface area contributed by atoms with Crippen LogP contribution in [0.25, 0.3) is 11.3 Å².